The van der Waals surface area contributed by atoms with Gasteiger partial charge >= 0.3 is 12.3 Å². The first-order chi connectivity index (χ1) is 20.0. The van der Waals surface area contributed by atoms with Crippen molar-refractivity contribution in [2.75, 3.05) is 24.5 Å². The van der Waals surface area contributed by atoms with E-state index >= 15 is 0 Å². The molecule has 1 fully saturated rings. The minimum atomic E-state index is -4.95. The highest BCUT2D eigenvalue weighted by Crippen LogP contribution is 2.28. The highest BCUT2D eigenvalue weighted by molar-refractivity contribution is 7.89. The van der Waals surface area contributed by atoms with Crippen molar-refractivity contribution in [1.82, 2.24) is 19.6 Å². The lowest BCUT2D eigenvalue weighted by molar-refractivity contribution is -0.274. The minimum absolute atomic E-state index is 0.0647. The lowest BCUT2D eigenvalue weighted by Crippen LogP contribution is -2.60. The Hall–Kier alpha value is -4.24. The zero-order valence-corrected chi connectivity index (χ0v) is 24.3. The third kappa shape index (κ3) is 7.78. The Morgan fingerprint density at radius 3 is 2.19 bits per heavy atom. The molecule has 0 spiro atoms. The molecule has 1 aromatic heterocycles. The average molecular weight is 622 g/mol. The normalized spacial score (nSPS) is 16.5. The van der Waals surface area contributed by atoms with Crippen LogP contribution in [0.1, 0.15) is 42.4 Å². The van der Waals surface area contributed by atoms with Gasteiger partial charge in [-0.05, 0) is 40.8 Å². The number of carboxylic acids is 1. The molecule has 1 atom stereocenters. The fourth-order valence-electron chi connectivity index (χ4n) is 4.45. The maximum Gasteiger partial charge on any atom is 0.573 e. The second-order valence-electron chi connectivity index (χ2n) is 10.8. The van der Waals surface area contributed by atoms with E-state index in [2.05, 4.69) is 40.8 Å². The molecule has 0 radical (unpaired) electrons. The van der Waals surface area contributed by atoms with Gasteiger partial charge in [0, 0.05) is 26.2 Å². The number of hydrogen-bond acceptors (Lipinski definition) is 8. The van der Waals surface area contributed by atoms with Crippen LogP contribution in [0.15, 0.2) is 65.8 Å². The zero-order valence-electron chi connectivity index (χ0n) is 23.5. The number of aromatic carboxylic acids is 1. The first kappa shape index (κ1) is 31.7. The number of rotatable bonds is 8. The summed E-state index contributed by atoms with van der Waals surface area (Å²) in [4.78, 5) is 33.9. The molecule has 15 heteroatoms. The van der Waals surface area contributed by atoms with Crippen LogP contribution in [0.2, 0.25) is 0 Å². The smallest absolute Gasteiger partial charge is 0.476 e. The number of hydrogen-bond donors (Lipinski definition) is 2. The van der Waals surface area contributed by atoms with Gasteiger partial charge in [0.05, 0.1) is 17.3 Å². The number of carboxylic acid groups (broad SMARTS) is 1. The molecule has 1 aliphatic heterocycles. The van der Waals surface area contributed by atoms with Crippen molar-refractivity contribution in [2.24, 2.45) is 0 Å². The summed E-state index contributed by atoms with van der Waals surface area (Å²) in [6.45, 7) is 6.09. The molecular formula is C28H30F3N5O6S. The van der Waals surface area contributed by atoms with Crippen LogP contribution in [0.5, 0.6) is 5.75 Å². The van der Waals surface area contributed by atoms with E-state index in [-0.39, 0.29) is 48.0 Å². The van der Waals surface area contributed by atoms with Gasteiger partial charge < -0.3 is 20.1 Å². The minimum Gasteiger partial charge on any atom is -0.476 e. The van der Waals surface area contributed by atoms with Crippen LogP contribution >= 0.6 is 0 Å². The van der Waals surface area contributed by atoms with Gasteiger partial charge in [-0.25, -0.2) is 23.2 Å². The standard InChI is InChI=1S/C28H30F3N5O6S/c1-27(2,3)19-6-4-18(5-7-19)14-34-25(37)23-17-35(24-16-32-22(15-33-24)26(38)39)12-13-36(23)43(40,41)21-10-8-20(9-11-21)42-28(29,30)31/h4-11,15-16,23H,12-14,17H2,1-3H3,(H,34,37)(H,38,39)/t23-/m1/s1. The van der Waals surface area contributed by atoms with E-state index in [4.69, 9.17) is 5.11 Å². The van der Waals surface area contributed by atoms with Crippen LogP contribution in [0.3, 0.4) is 0 Å². The van der Waals surface area contributed by atoms with Crippen molar-refractivity contribution in [3.8, 4) is 5.75 Å². The van der Waals surface area contributed by atoms with E-state index in [1.165, 1.54) is 6.20 Å². The third-order valence-corrected chi connectivity index (χ3v) is 8.69. The molecule has 2 N–H and O–H groups in total. The van der Waals surface area contributed by atoms with E-state index in [0.717, 1.165) is 45.9 Å². The van der Waals surface area contributed by atoms with E-state index in [9.17, 15) is 31.2 Å². The number of anilines is 1. The van der Waals surface area contributed by atoms with Crippen molar-refractivity contribution < 1.29 is 41.0 Å². The van der Waals surface area contributed by atoms with Crippen LogP contribution in [-0.2, 0) is 26.8 Å². The lowest BCUT2D eigenvalue weighted by atomic mass is 9.87. The van der Waals surface area contributed by atoms with Crippen molar-refractivity contribution in [1.29, 1.82) is 0 Å². The summed E-state index contributed by atoms with van der Waals surface area (Å²) >= 11 is 0. The fourth-order valence-corrected chi connectivity index (χ4v) is 6.02. The molecule has 3 aromatic rings. The third-order valence-electron chi connectivity index (χ3n) is 6.77. The molecule has 1 amide bonds. The first-order valence-electron chi connectivity index (χ1n) is 13.1. The summed E-state index contributed by atoms with van der Waals surface area (Å²) in [5, 5.41) is 11.9. The Kier molecular flexibility index (Phi) is 8.97. The number of benzene rings is 2. The molecule has 11 nitrogen and oxygen atoms in total. The Bertz CT molecular complexity index is 1560. The van der Waals surface area contributed by atoms with Gasteiger partial charge in [-0.2, -0.15) is 4.31 Å². The van der Waals surface area contributed by atoms with E-state index < -0.39 is 40.1 Å². The second kappa shape index (κ2) is 12.2. The van der Waals surface area contributed by atoms with Gasteiger partial charge in [-0.3, -0.25) is 4.79 Å². The number of carbonyl (C=O) groups is 2. The quantitative estimate of drug-likeness (QED) is 0.386. The number of nitrogens with zero attached hydrogens (tertiary/aromatic N) is 4. The Labute approximate surface area is 246 Å². The predicted octanol–water partition coefficient (Wildman–Crippen LogP) is 3.57. The van der Waals surface area contributed by atoms with Crippen LogP contribution in [-0.4, -0.2) is 71.7 Å². The number of halogens is 3. The summed E-state index contributed by atoms with van der Waals surface area (Å²) in [5.74, 6) is -2.23. The lowest BCUT2D eigenvalue weighted by Gasteiger charge is -2.40. The Morgan fingerprint density at radius 1 is 1.00 bits per heavy atom. The maximum absolute atomic E-state index is 13.6. The Morgan fingerprint density at radius 2 is 1.65 bits per heavy atom. The molecule has 230 valence electrons. The summed E-state index contributed by atoms with van der Waals surface area (Å²) in [6, 6.07) is 10.1. The molecule has 2 heterocycles. The highest BCUT2D eigenvalue weighted by atomic mass is 32.2. The maximum atomic E-state index is 13.6. The molecule has 2 aromatic carbocycles. The summed E-state index contributed by atoms with van der Waals surface area (Å²) < 4.78 is 69.8. The first-order valence-corrected chi connectivity index (χ1v) is 14.5. The van der Waals surface area contributed by atoms with Crippen molar-refractivity contribution in [2.45, 2.75) is 50.0 Å². The van der Waals surface area contributed by atoms with Crippen molar-refractivity contribution in [3.63, 3.8) is 0 Å². The van der Waals surface area contributed by atoms with E-state index in [0.29, 0.717) is 0 Å². The van der Waals surface area contributed by atoms with Crippen LogP contribution in [0.25, 0.3) is 0 Å². The average Bonchev–Trinajstić information content (AvgIpc) is 2.95. The largest absolute Gasteiger partial charge is 0.573 e. The van der Waals surface area contributed by atoms with Gasteiger partial charge in [0.25, 0.3) is 0 Å². The number of carbonyl (C=O) groups excluding carboxylic acids is 1. The number of piperazine rings is 1. The van der Waals surface area contributed by atoms with Crippen LogP contribution < -0.4 is 15.0 Å². The van der Waals surface area contributed by atoms with Crippen LogP contribution in [0.4, 0.5) is 19.0 Å². The van der Waals surface area contributed by atoms with Gasteiger partial charge in [-0.1, -0.05) is 45.0 Å². The van der Waals surface area contributed by atoms with E-state index in [1.807, 2.05) is 24.3 Å². The molecule has 1 aliphatic rings. The van der Waals surface area contributed by atoms with E-state index in [1.54, 1.807) is 4.90 Å². The van der Waals surface area contributed by atoms with Crippen LogP contribution in [0, 0.1) is 0 Å². The van der Waals surface area contributed by atoms with Crippen molar-refractivity contribution >= 4 is 27.7 Å². The second-order valence-corrected chi connectivity index (χ2v) is 12.7. The Balaban J connectivity index is 1.58. The van der Waals surface area contributed by atoms with Gasteiger partial charge in [0.15, 0.2) is 5.69 Å². The molecule has 0 saturated carbocycles. The number of alkyl halides is 3. The van der Waals surface area contributed by atoms with Gasteiger partial charge in [0.1, 0.15) is 17.6 Å². The molecule has 1 saturated heterocycles. The number of sulfonamides is 1. The zero-order chi connectivity index (χ0) is 31.6. The molecule has 4 rings (SSSR count). The number of ether oxygens (including phenoxy) is 1. The molecular weight excluding hydrogens is 591 g/mol. The summed E-state index contributed by atoms with van der Waals surface area (Å²) in [6.07, 6.45) is -2.67. The number of amides is 1. The van der Waals surface area contributed by atoms with Gasteiger partial charge in [-0.15, -0.1) is 13.2 Å². The summed E-state index contributed by atoms with van der Waals surface area (Å²) in [7, 11) is -4.35. The van der Waals surface area contributed by atoms with Crippen molar-refractivity contribution in [3.05, 3.63) is 77.7 Å². The predicted molar refractivity (Wildman–Crippen MR) is 149 cm³/mol. The number of aromatic nitrogens is 2. The molecule has 0 bridgehead atoms. The molecule has 0 unspecified atom stereocenters. The summed E-state index contributed by atoms with van der Waals surface area (Å²) in [5.41, 5.74) is 1.54. The monoisotopic (exact) mass is 621 g/mol. The number of nitrogens with one attached hydrogen (secondary N) is 1. The molecule has 43 heavy (non-hydrogen) atoms. The SMILES string of the molecule is CC(C)(C)c1ccc(CNC(=O)[C@H]2CN(c3cnc(C(=O)O)cn3)CCN2S(=O)(=O)c2ccc(OC(F)(F)F)cc2)cc1. The van der Waals surface area contributed by atoms with Gasteiger partial charge in [0.2, 0.25) is 15.9 Å². The highest BCUT2D eigenvalue weighted by Gasteiger charge is 2.41. The topological polar surface area (TPSA) is 142 Å². The molecule has 0 aliphatic carbocycles. The fraction of sp³-hybridized carbons (Fsp3) is 0.357.